The second-order valence-corrected chi connectivity index (χ2v) is 4.53. The predicted octanol–water partition coefficient (Wildman–Crippen LogP) is 1.12. The number of hydrogen-bond donors (Lipinski definition) is 3. The van der Waals surface area contributed by atoms with Crippen molar-refractivity contribution in [2.45, 2.75) is 52.0 Å². The van der Waals surface area contributed by atoms with Gasteiger partial charge in [0.05, 0.1) is 5.92 Å². The summed E-state index contributed by atoms with van der Waals surface area (Å²) in [6, 6.07) is 0.0984. The zero-order valence-electron chi connectivity index (χ0n) is 10.7. The Labute approximate surface area is 103 Å². The number of aliphatic carboxylic acids is 1. The third-order valence-corrected chi connectivity index (χ3v) is 2.71. The number of carbonyl (C=O) groups excluding carboxylic acids is 1. The van der Waals surface area contributed by atoms with Gasteiger partial charge in [-0.15, -0.1) is 0 Å². The number of rotatable bonds is 9. The molecule has 0 aromatic carbocycles. The number of hydrogen-bond acceptors (Lipinski definition) is 3. The van der Waals surface area contributed by atoms with Gasteiger partial charge in [-0.25, -0.2) is 0 Å². The Bertz CT molecular complexity index is 244. The molecule has 0 aliphatic carbocycles. The molecule has 0 bridgehead atoms. The van der Waals surface area contributed by atoms with E-state index in [1.54, 1.807) is 6.92 Å². The molecule has 0 saturated carbocycles. The predicted molar refractivity (Wildman–Crippen MR) is 66.5 cm³/mol. The molecule has 5 heteroatoms. The van der Waals surface area contributed by atoms with Gasteiger partial charge in [0.1, 0.15) is 0 Å². The Morgan fingerprint density at radius 1 is 1.24 bits per heavy atom. The molecule has 5 nitrogen and oxygen atoms in total. The van der Waals surface area contributed by atoms with Crippen LogP contribution in [0.25, 0.3) is 0 Å². The summed E-state index contributed by atoms with van der Waals surface area (Å²) in [5.41, 5.74) is 5.31. The zero-order chi connectivity index (χ0) is 13.3. The molecular weight excluding hydrogens is 220 g/mol. The van der Waals surface area contributed by atoms with Gasteiger partial charge in [0.2, 0.25) is 5.91 Å². The highest BCUT2D eigenvalue weighted by atomic mass is 16.4. The van der Waals surface area contributed by atoms with Crippen molar-refractivity contribution in [1.82, 2.24) is 5.32 Å². The lowest BCUT2D eigenvalue weighted by Gasteiger charge is -2.14. The lowest BCUT2D eigenvalue weighted by molar-refractivity contribution is -0.141. The summed E-state index contributed by atoms with van der Waals surface area (Å²) in [4.78, 5) is 21.9. The lowest BCUT2D eigenvalue weighted by Crippen LogP contribution is -2.32. The van der Waals surface area contributed by atoms with Crippen LogP contribution < -0.4 is 11.1 Å². The molecule has 0 heterocycles. The molecule has 2 unspecified atom stereocenters. The van der Waals surface area contributed by atoms with E-state index in [0.29, 0.717) is 25.8 Å². The Kier molecular flexibility index (Phi) is 8.40. The summed E-state index contributed by atoms with van der Waals surface area (Å²) in [7, 11) is 0. The summed E-state index contributed by atoms with van der Waals surface area (Å²) in [6.07, 6.45) is 3.44. The second kappa shape index (κ2) is 8.98. The highest BCUT2D eigenvalue weighted by Crippen LogP contribution is 2.09. The van der Waals surface area contributed by atoms with Crippen LogP contribution in [-0.2, 0) is 9.59 Å². The summed E-state index contributed by atoms with van der Waals surface area (Å²) in [5.74, 6) is -1.05. The van der Waals surface area contributed by atoms with Gasteiger partial charge in [-0.1, -0.05) is 13.3 Å². The van der Waals surface area contributed by atoms with E-state index in [0.717, 1.165) is 12.8 Å². The molecule has 0 aromatic heterocycles. The molecule has 0 aliphatic heterocycles. The van der Waals surface area contributed by atoms with Crippen LogP contribution in [0.3, 0.4) is 0 Å². The normalized spacial score (nSPS) is 14.1. The zero-order valence-corrected chi connectivity index (χ0v) is 10.7. The van der Waals surface area contributed by atoms with Crippen molar-refractivity contribution in [2.75, 3.05) is 6.54 Å². The molecule has 0 spiro atoms. The number of nitrogens with two attached hydrogens (primary N) is 1. The first-order valence-corrected chi connectivity index (χ1v) is 6.19. The average molecular weight is 244 g/mol. The molecule has 0 saturated heterocycles. The van der Waals surface area contributed by atoms with E-state index >= 15 is 0 Å². The smallest absolute Gasteiger partial charge is 0.306 e. The van der Waals surface area contributed by atoms with E-state index in [9.17, 15) is 9.59 Å². The van der Waals surface area contributed by atoms with E-state index in [1.807, 2.05) is 6.92 Å². The summed E-state index contributed by atoms with van der Waals surface area (Å²) in [5, 5.41) is 11.6. The molecule has 0 rings (SSSR count). The highest BCUT2D eigenvalue weighted by Gasteiger charge is 2.12. The van der Waals surface area contributed by atoms with Crippen LogP contribution in [0.1, 0.15) is 46.0 Å². The molecule has 2 atom stereocenters. The van der Waals surface area contributed by atoms with Crippen molar-refractivity contribution in [1.29, 1.82) is 0 Å². The van der Waals surface area contributed by atoms with Crippen LogP contribution in [0, 0.1) is 5.92 Å². The van der Waals surface area contributed by atoms with Crippen molar-refractivity contribution in [3.05, 3.63) is 0 Å². The monoisotopic (exact) mass is 244 g/mol. The van der Waals surface area contributed by atoms with Crippen LogP contribution in [-0.4, -0.2) is 29.6 Å². The number of amides is 1. The fraction of sp³-hybridized carbons (Fsp3) is 0.833. The first-order chi connectivity index (χ1) is 7.97. The molecule has 0 radical (unpaired) electrons. The molecule has 17 heavy (non-hydrogen) atoms. The van der Waals surface area contributed by atoms with Gasteiger partial charge in [0, 0.05) is 12.5 Å². The molecule has 100 valence electrons. The third-order valence-electron chi connectivity index (χ3n) is 2.71. The molecule has 1 amide bonds. The van der Waals surface area contributed by atoms with Gasteiger partial charge in [-0.05, 0) is 32.7 Å². The van der Waals surface area contributed by atoms with E-state index in [1.165, 1.54) is 0 Å². The summed E-state index contributed by atoms with van der Waals surface area (Å²) < 4.78 is 0. The van der Waals surface area contributed by atoms with Gasteiger partial charge >= 0.3 is 5.97 Å². The first kappa shape index (κ1) is 15.9. The number of carboxylic acids is 1. The van der Waals surface area contributed by atoms with Crippen molar-refractivity contribution >= 4 is 11.9 Å². The number of carboxylic acid groups (broad SMARTS) is 1. The van der Waals surface area contributed by atoms with Gasteiger partial charge in [-0.2, -0.15) is 0 Å². The molecule has 0 fully saturated rings. The van der Waals surface area contributed by atoms with Gasteiger partial charge in [0.25, 0.3) is 0 Å². The van der Waals surface area contributed by atoms with Crippen LogP contribution in [0.5, 0.6) is 0 Å². The Morgan fingerprint density at radius 2 is 1.88 bits per heavy atom. The maximum absolute atomic E-state index is 11.4. The fourth-order valence-corrected chi connectivity index (χ4v) is 1.54. The molecular formula is C12H24N2O3. The number of nitrogens with one attached hydrogen (secondary N) is 1. The van der Waals surface area contributed by atoms with E-state index in [4.69, 9.17) is 10.8 Å². The van der Waals surface area contributed by atoms with Crippen LogP contribution >= 0.6 is 0 Å². The van der Waals surface area contributed by atoms with Gasteiger partial charge < -0.3 is 16.2 Å². The largest absolute Gasteiger partial charge is 0.481 e. The third kappa shape index (κ3) is 8.68. The fourth-order valence-electron chi connectivity index (χ4n) is 1.54. The topological polar surface area (TPSA) is 92.4 Å². The summed E-state index contributed by atoms with van der Waals surface area (Å²) in [6.45, 7) is 4.16. The minimum absolute atomic E-state index is 0.0224. The molecule has 0 aliphatic rings. The van der Waals surface area contributed by atoms with Crippen molar-refractivity contribution in [2.24, 2.45) is 11.7 Å². The van der Waals surface area contributed by atoms with E-state index in [2.05, 4.69) is 5.32 Å². The maximum atomic E-state index is 11.4. The first-order valence-electron chi connectivity index (χ1n) is 6.19. The van der Waals surface area contributed by atoms with Crippen LogP contribution in [0.2, 0.25) is 0 Å². The quantitative estimate of drug-likeness (QED) is 0.566. The Hall–Kier alpha value is -1.10. The summed E-state index contributed by atoms with van der Waals surface area (Å²) >= 11 is 0. The Morgan fingerprint density at radius 3 is 2.41 bits per heavy atom. The second-order valence-electron chi connectivity index (χ2n) is 4.53. The van der Waals surface area contributed by atoms with E-state index < -0.39 is 5.97 Å². The van der Waals surface area contributed by atoms with Crippen molar-refractivity contribution in [3.8, 4) is 0 Å². The minimum Gasteiger partial charge on any atom is -0.481 e. The van der Waals surface area contributed by atoms with Crippen LogP contribution in [0.4, 0.5) is 0 Å². The SMILES string of the molecule is CC(CCCC(C)C(=O)O)NC(=O)CCCN. The maximum Gasteiger partial charge on any atom is 0.306 e. The van der Waals surface area contributed by atoms with Crippen molar-refractivity contribution in [3.63, 3.8) is 0 Å². The Balaban J connectivity index is 3.62. The van der Waals surface area contributed by atoms with Gasteiger partial charge in [-0.3, -0.25) is 9.59 Å². The van der Waals surface area contributed by atoms with E-state index in [-0.39, 0.29) is 17.9 Å². The average Bonchev–Trinajstić information content (AvgIpc) is 2.25. The minimum atomic E-state index is -0.760. The standard InChI is InChI=1S/C12H24N2O3/c1-9(12(16)17)5-3-6-10(2)14-11(15)7-4-8-13/h9-10H,3-8,13H2,1-2H3,(H,14,15)(H,16,17). The molecule has 4 N–H and O–H groups in total. The highest BCUT2D eigenvalue weighted by molar-refractivity contribution is 5.76. The number of carbonyl (C=O) groups is 2. The molecule has 0 aromatic rings. The van der Waals surface area contributed by atoms with Crippen LogP contribution in [0.15, 0.2) is 0 Å². The lowest BCUT2D eigenvalue weighted by atomic mass is 10.0. The van der Waals surface area contributed by atoms with Crippen molar-refractivity contribution < 1.29 is 14.7 Å². The van der Waals surface area contributed by atoms with Gasteiger partial charge in [0.15, 0.2) is 0 Å².